The highest BCUT2D eigenvalue weighted by Crippen LogP contribution is 1.95. The third-order valence-electron chi connectivity index (χ3n) is 3.08. The summed E-state index contributed by atoms with van der Waals surface area (Å²) in [5.41, 5.74) is 5.29. The van der Waals surface area contributed by atoms with Gasteiger partial charge in [-0.2, -0.15) is 0 Å². The van der Waals surface area contributed by atoms with E-state index in [9.17, 15) is 24.3 Å². The maximum atomic E-state index is 11.9. The smallest absolute Gasteiger partial charge is 0.328 e. The molecule has 0 aromatic rings. The van der Waals surface area contributed by atoms with Crippen LogP contribution in [-0.2, 0) is 19.2 Å². The zero-order valence-electron chi connectivity index (χ0n) is 13.6. The molecule has 11 heteroatoms. The van der Waals surface area contributed by atoms with E-state index in [-0.39, 0.29) is 0 Å². The highest BCUT2D eigenvalue weighted by Gasteiger charge is 2.28. The lowest BCUT2D eigenvalue weighted by atomic mass is 10.1. The molecule has 5 atom stereocenters. The van der Waals surface area contributed by atoms with Gasteiger partial charge in [0.25, 0.3) is 0 Å². The number of aliphatic hydroxyl groups is 2. The molecule has 0 fully saturated rings. The Morgan fingerprint density at radius 1 is 0.917 bits per heavy atom. The molecule has 0 radical (unpaired) electrons. The molecular weight excluding hydrogens is 324 g/mol. The fourth-order valence-electron chi connectivity index (χ4n) is 1.54. The van der Waals surface area contributed by atoms with Crippen LogP contribution in [0.1, 0.15) is 20.8 Å². The third-order valence-corrected chi connectivity index (χ3v) is 3.08. The van der Waals surface area contributed by atoms with E-state index in [0.29, 0.717) is 0 Å². The van der Waals surface area contributed by atoms with Crippen LogP contribution in [0.4, 0.5) is 0 Å². The van der Waals surface area contributed by atoms with Crippen molar-refractivity contribution in [2.24, 2.45) is 5.73 Å². The van der Waals surface area contributed by atoms with Crippen LogP contribution in [0.25, 0.3) is 0 Å². The zero-order valence-corrected chi connectivity index (χ0v) is 13.6. The normalized spacial score (nSPS) is 16.9. The van der Waals surface area contributed by atoms with Gasteiger partial charge < -0.3 is 37.0 Å². The summed E-state index contributed by atoms with van der Waals surface area (Å²) in [4.78, 5) is 46.1. The van der Waals surface area contributed by atoms with E-state index in [1.54, 1.807) is 0 Å². The SMILES string of the molecule is CC(NC(=O)C(N)CO)C(=O)NC(C)C(=O)NC(C(=O)O)C(C)O. The minimum absolute atomic E-state index is 0.588. The van der Waals surface area contributed by atoms with Crippen molar-refractivity contribution in [1.29, 1.82) is 0 Å². The minimum atomic E-state index is -1.52. The second kappa shape index (κ2) is 9.80. The van der Waals surface area contributed by atoms with Gasteiger partial charge in [-0.15, -0.1) is 0 Å². The first kappa shape index (κ1) is 21.8. The number of carbonyl (C=O) groups is 4. The number of amides is 3. The van der Waals surface area contributed by atoms with E-state index < -0.39 is 60.6 Å². The van der Waals surface area contributed by atoms with E-state index in [0.717, 1.165) is 0 Å². The molecule has 0 rings (SSSR count). The molecule has 3 amide bonds. The van der Waals surface area contributed by atoms with Crippen LogP contribution >= 0.6 is 0 Å². The van der Waals surface area contributed by atoms with E-state index in [1.165, 1.54) is 20.8 Å². The number of hydrogen-bond acceptors (Lipinski definition) is 7. The second-order valence-corrected chi connectivity index (χ2v) is 5.31. The quantitative estimate of drug-likeness (QED) is 0.221. The number of aliphatic carboxylic acids is 1. The van der Waals surface area contributed by atoms with Crippen molar-refractivity contribution < 1.29 is 34.5 Å². The molecule has 0 heterocycles. The fourth-order valence-corrected chi connectivity index (χ4v) is 1.54. The van der Waals surface area contributed by atoms with Gasteiger partial charge in [-0.1, -0.05) is 0 Å². The summed E-state index contributed by atoms with van der Waals surface area (Å²) >= 11 is 0. The number of carbonyl (C=O) groups excluding carboxylic acids is 3. The Hall–Kier alpha value is -2.24. The number of rotatable bonds is 9. The van der Waals surface area contributed by atoms with Crippen molar-refractivity contribution >= 4 is 23.7 Å². The maximum Gasteiger partial charge on any atom is 0.328 e. The van der Waals surface area contributed by atoms with Crippen molar-refractivity contribution in [3.05, 3.63) is 0 Å². The summed E-state index contributed by atoms with van der Waals surface area (Å²) in [6.45, 7) is 3.26. The summed E-state index contributed by atoms with van der Waals surface area (Å²) in [5.74, 6) is -3.69. The Labute approximate surface area is 138 Å². The Kier molecular flexibility index (Phi) is 8.89. The van der Waals surface area contributed by atoms with Crippen LogP contribution in [0.5, 0.6) is 0 Å². The Bertz CT molecular complexity index is 483. The van der Waals surface area contributed by atoms with Crippen molar-refractivity contribution in [2.75, 3.05) is 6.61 Å². The van der Waals surface area contributed by atoms with Gasteiger partial charge in [0.1, 0.15) is 18.1 Å². The van der Waals surface area contributed by atoms with Crippen molar-refractivity contribution in [3.8, 4) is 0 Å². The van der Waals surface area contributed by atoms with Gasteiger partial charge in [0, 0.05) is 0 Å². The van der Waals surface area contributed by atoms with Gasteiger partial charge in [-0.05, 0) is 20.8 Å². The highest BCUT2D eigenvalue weighted by molar-refractivity contribution is 5.93. The van der Waals surface area contributed by atoms with E-state index in [2.05, 4.69) is 16.0 Å². The Balaban J connectivity index is 4.60. The zero-order chi connectivity index (χ0) is 19.0. The standard InChI is InChI=1S/C13H24N4O7/c1-5(16-12(22)8(14)4-18)10(20)15-6(2)11(21)17-9(7(3)19)13(23)24/h5-9,18-19H,4,14H2,1-3H3,(H,15,20)(H,16,22)(H,17,21)(H,23,24). The molecule has 11 nitrogen and oxygen atoms in total. The molecule has 0 saturated heterocycles. The second-order valence-electron chi connectivity index (χ2n) is 5.31. The summed E-state index contributed by atoms with van der Waals surface area (Å²) in [6.07, 6.45) is -1.33. The molecular formula is C13H24N4O7. The van der Waals surface area contributed by atoms with Gasteiger partial charge in [0.2, 0.25) is 17.7 Å². The molecule has 24 heavy (non-hydrogen) atoms. The minimum Gasteiger partial charge on any atom is -0.480 e. The van der Waals surface area contributed by atoms with Crippen molar-refractivity contribution in [1.82, 2.24) is 16.0 Å². The molecule has 0 bridgehead atoms. The first-order valence-electron chi connectivity index (χ1n) is 7.19. The summed E-state index contributed by atoms with van der Waals surface area (Å²) in [6, 6.07) is -4.83. The fraction of sp³-hybridized carbons (Fsp3) is 0.692. The molecule has 0 saturated carbocycles. The predicted octanol–water partition coefficient (Wildman–Crippen LogP) is -3.73. The van der Waals surface area contributed by atoms with Crippen molar-refractivity contribution in [3.63, 3.8) is 0 Å². The van der Waals surface area contributed by atoms with Crippen LogP contribution in [0, 0.1) is 0 Å². The van der Waals surface area contributed by atoms with E-state index >= 15 is 0 Å². The van der Waals surface area contributed by atoms with Crippen LogP contribution < -0.4 is 21.7 Å². The van der Waals surface area contributed by atoms with Gasteiger partial charge in [-0.3, -0.25) is 14.4 Å². The lowest BCUT2D eigenvalue weighted by Gasteiger charge is -2.22. The number of nitrogens with one attached hydrogen (secondary N) is 3. The van der Waals surface area contributed by atoms with Gasteiger partial charge >= 0.3 is 5.97 Å². The van der Waals surface area contributed by atoms with Crippen molar-refractivity contribution in [2.45, 2.75) is 51.0 Å². The molecule has 5 unspecified atom stereocenters. The summed E-state index contributed by atoms with van der Waals surface area (Å²) < 4.78 is 0. The summed E-state index contributed by atoms with van der Waals surface area (Å²) in [7, 11) is 0. The topological polar surface area (TPSA) is 191 Å². The van der Waals surface area contributed by atoms with Gasteiger partial charge in [0.05, 0.1) is 12.7 Å². The largest absolute Gasteiger partial charge is 0.480 e. The van der Waals surface area contributed by atoms with Gasteiger partial charge in [-0.25, -0.2) is 4.79 Å². The number of carboxylic acid groups (broad SMARTS) is 1. The number of hydrogen-bond donors (Lipinski definition) is 7. The molecule has 0 aliphatic rings. The lowest BCUT2D eigenvalue weighted by molar-refractivity contribution is -0.145. The monoisotopic (exact) mass is 348 g/mol. The van der Waals surface area contributed by atoms with Crippen LogP contribution in [0.3, 0.4) is 0 Å². The molecule has 0 aliphatic carbocycles. The number of nitrogens with two attached hydrogens (primary N) is 1. The first-order chi connectivity index (χ1) is 11.0. The van der Waals surface area contributed by atoms with Crippen LogP contribution in [0.2, 0.25) is 0 Å². The average Bonchev–Trinajstić information content (AvgIpc) is 2.50. The van der Waals surface area contributed by atoms with Crippen LogP contribution in [-0.4, -0.2) is 75.9 Å². The first-order valence-corrected chi connectivity index (χ1v) is 7.19. The summed E-state index contributed by atoms with van der Waals surface area (Å²) in [5, 5.41) is 33.5. The molecule has 0 spiro atoms. The molecule has 138 valence electrons. The lowest BCUT2D eigenvalue weighted by Crippen LogP contribution is -2.57. The number of aliphatic hydroxyl groups excluding tert-OH is 2. The maximum absolute atomic E-state index is 11.9. The Morgan fingerprint density at radius 2 is 1.33 bits per heavy atom. The highest BCUT2D eigenvalue weighted by atomic mass is 16.4. The van der Waals surface area contributed by atoms with Gasteiger partial charge in [0.15, 0.2) is 6.04 Å². The molecule has 0 aliphatic heterocycles. The van der Waals surface area contributed by atoms with Crippen LogP contribution in [0.15, 0.2) is 0 Å². The molecule has 8 N–H and O–H groups in total. The third kappa shape index (κ3) is 6.89. The van der Waals surface area contributed by atoms with E-state index in [4.69, 9.17) is 15.9 Å². The molecule has 0 aromatic carbocycles. The Morgan fingerprint density at radius 3 is 1.71 bits per heavy atom. The molecule has 0 aromatic heterocycles. The predicted molar refractivity (Wildman–Crippen MR) is 81.5 cm³/mol. The van der Waals surface area contributed by atoms with E-state index in [1.807, 2.05) is 0 Å². The number of carboxylic acids is 1. The average molecular weight is 348 g/mol.